The SMILES string of the molecule is FC(F)(Br)n1ccnn1. The number of aromatic nitrogens is 3. The van der Waals surface area contributed by atoms with Crippen molar-refractivity contribution >= 4 is 15.9 Å². The second-order valence-corrected chi connectivity index (χ2v) is 2.27. The van der Waals surface area contributed by atoms with Crippen LogP contribution >= 0.6 is 15.9 Å². The predicted molar refractivity (Wildman–Crippen MR) is 29.1 cm³/mol. The molecule has 1 rings (SSSR count). The number of hydrogen-bond acceptors (Lipinski definition) is 2. The molecule has 3 nitrogen and oxygen atoms in total. The molecule has 0 saturated carbocycles. The van der Waals surface area contributed by atoms with Crippen molar-refractivity contribution in [3.8, 4) is 0 Å². The predicted octanol–water partition coefficient (Wildman–Crippen LogP) is 1.18. The third kappa shape index (κ3) is 1.44. The molecule has 0 aliphatic heterocycles. The van der Waals surface area contributed by atoms with Crippen LogP contribution in [-0.4, -0.2) is 15.0 Å². The molecule has 0 aromatic carbocycles. The van der Waals surface area contributed by atoms with E-state index >= 15 is 0 Å². The topological polar surface area (TPSA) is 30.7 Å². The minimum Gasteiger partial charge on any atom is -0.179 e. The first-order valence-corrected chi connectivity index (χ1v) is 2.83. The maximum Gasteiger partial charge on any atom is 0.402 e. The zero-order chi connectivity index (χ0) is 6.91. The van der Waals surface area contributed by atoms with Gasteiger partial charge in [0.15, 0.2) is 0 Å². The molecule has 0 N–H and O–H groups in total. The molecule has 0 amide bonds. The molecular formula is C3H2BrF2N3. The van der Waals surface area contributed by atoms with Gasteiger partial charge in [0.25, 0.3) is 0 Å². The van der Waals surface area contributed by atoms with Gasteiger partial charge in [-0.15, -0.1) is 5.10 Å². The molecule has 1 aromatic rings. The van der Waals surface area contributed by atoms with E-state index in [1.807, 2.05) is 0 Å². The molecule has 0 aliphatic carbocycles. The Bertz CT molecular complexity index is 179. The van der Waals surface area contributed by atoms with Crippen molar-refractivity contribution in [3.05, 3.63) is 12.4 Å². The Morgan fingerprint density at radius 3 is 2.44 bits per heavy atom. The standard InChI is InChI=1S/C3H2BrF2N3/c4-3(5,6)9-2-1-7-8-9/h1-2H. The molecule has 0 radical (unpaired) electrons. The van der Waals surface area contributed by atoms with E-state index in [1.54, 1.807) is 0 Å². The summed E-state index contributed by atoms with van der Waals surface area (Å²) in [6, 6.07) is 0. The molecule has 0 atom stereocenters. The highest BCUT2D eigenvalue weighted by molar-refractivity contribution is 9.09. The Balaban J connectivity index is 2.90. The van der Waals surface area contributed by atoms with Crippen molar-refractivity contribution in [1.29, 1.82) is 0 Å². The van der Waals surface area contributed by atoms with Gasteiger partial charge in [0.2, 0.25) is 0 Å². The van der Waals surface area contributed by atoms with Gasteiger partial charge in [0.05, 0.1) is 12.4 Å². The normalized spacial score (nSPS) is 11.9. The summed E-state index contributed by atoms with van der Waals surface area (Å²) >= 11 is 2.09. The average Bonchev–Trinajstić information content (AvgIpc) is 2.08. The summed E-state index contributed by atoms with van der Waals surface area (Å²) in [5, 5.41) is 6.25. The Morgan fingerprint density at radius 1 is 1.56 bits per heavy atom. The summed E-state index contributed by atoms with van der Waals surface area (Å²) in [6.07, 6.45) is 2.24. The molecule has 0 aliphatic rings. The van der Waals surface area contributed by atoms with Crippen LogP contribution in [0.3, 0.4) is 0 Å². The van der Waals surface area contributed by atoms with Crippen LogP contribution in [0.5, 0.6) is 0 Å². The molecule has 9 heavy (non-hydrogen) atoms. The Labute approximate surface area is 57.8 Å². The smallest absolute Gasteiger partial charge is 0.179 e. The van der Waals surface area contributed by atoms with Gasteiger partial charge in [-0.25, -0.2) is 0 Å². The van der Waals surface area contributed by atoms with Crippen LogP contribution in [0.25, 0.3) is 0 Å². The van der Waals surface area contributed by atoms with Gasteiger partial charge in [-0.3, -0.25) is 0 Å². The van der Waals surface area contributed by atoms with Crippen LogP contribution in [0.15, 0.2) is 12.4 Å². The lowest BCUT2D eigenvalue weighted by molar-refractivity contribution is 0.0182. The molecule has 50 valence electrons. The summed E-state index contributed by atoms with van der Waals surface area (Å²) in [4.78, 5) is -3.12. The van der Waals surface area contributed by atoms with Crippen LogP contribution in [0, 0.1) is 0 Å². The summed E-state index contributed by atoms with van der Waals surface area (Å²) < 4.78 is 24.5. The molecule has 6 heteroatoms. The molecule has 0 spiro atoms. The van der Waals surface area contributed by atoms with Crippen molar-refractivity contribution in [2.24, 2.45) is 0 Å². The third-order valence-electron chi connectivity index (χ3n) is 0.682. The van der Waals surface area contributed by atoms with Gasteiger partial charge in [0.1, 0.15) is 0 Å². The lowest BCUT2D eigenvalue weighted by atomic mass is 10.9. The van der Waals surface area contributed by atoms with E-state index in [9.17, 15) is 8.78 Å². The fourth-order valence-corrected chi connectivity index (χ4v) is 0.533. The first-order valence-electron chi connectivity index (χ1n) is 2.04. The highest BCUT2D eigenvalue weighted by Gasteiger charge is 2.26. The van der Waals surface area contributed by atoms with Gasteiger partial charge in [0, 0.05) is 15.9 Å². The minimum absolute atomic E-state index is 0.410. The number of hydrogen-bond donors (Lipinski definition) is 0. The Hall–Kier alpha value is -0.520. The van der Waals surface area contributed by atoms with E-state index in [2.05, 4.69) is 26.2 Å². The second-order valence-electron chi connectivity index (χ2n) is 1.32. The maximum absolute atomic E-state index is 12.1. The Kier molecular flexibility index (Phi) is 1.48. The lowest BCUT2D eigenvalue weighted by Gasteiger charge is -2.04. The number of rotatable bonds is 1. The van der Waals surface area contributed by atoms with E-state index in [0.29, 0.717) is 4.68 Å². The van der Waals surface area contributed by atoms with Crippen molar-refractivity contribution in [1.82, 2.24) is 15.0 Å². The minimum atomic E-state index is -3.12. The molecular weight excluding hydrogens is 196 g/mol. The molecule has 1 heterocycles. The van der Waals surface area contributed by atoms with E-state index in [1.165, 1.54) is 6.20 Å². The highest BCUT2D eigenvalue weighted by Crippen LogP contribution is 2.25. The largest absolute Gasteiger partial charge is 0.402 e. The second kappa shape index (κ2) is 2.02. The van der Waals surface area contributed by atoms with Crippen molar-refractivity contribution < 1.29 is 8.78 Å². The van der Waals surface area contributed by atoms with Gasteiger partial charge < -0.3 is 0 Å². The fourth-order valence-electron chi connectivity index (χ4n) is 0.343. The molecule has 0 bridgehead atoms. The maximum atomic E-state index is 12.1. The van der Waals surface area contributed by atoms with Gasteiger partial charge >= 0.3 is 4.96 Å². The summed E-state index contributed by atoms with van der Waals surface area (Å²) in [5.41, 5.74) is 0. The van der Waals surface area contributed by atoms with E-state index in [-0.39, 0.29) is 0 Å². The summed E-state index contributed by atoms with van der Waals surface area (Å²) in [5.74, 6) is 0. The summed E-state index contributed by atoms with van der Waals surface area (Å²) in [7, 11) is 0. The van der Waals surface area contributed by atoms with Gasteiger partial charge in [-0.2, -0.15) is 13.5 Å². The van der Waals surface area contributed by atoms with E-state index < -0.39 is 4.96 Å². The number of halogens is 3. The average molecular weight is 198 g/mol. The zero-order valence-corrected chi connectivity index (χ0v) is 5.72. The highest BCUT2D eigenvalue weighted by atomic mass is 79.9. The van der Waals surface area contributed by atoms with Crippen molar-refractivity contribution in [2.75, 3.05) is 0 Å². The van der Waals surface area contributed by atoms with Crippen LogP contribution in [0.2, 0.25) is 0 Å². The van der Waals surface area contributed by atoms with Gasteiger partial charge in [-0.05, 0) is 0 Å². The molecule has 0 unspecified atom stereocenters. The number of alkyl halides is 3. The van der Waals surface area contributed by atoms with E-state index in [0.717, 1.165) is 6.20 Å². The zero-order valence-electron chi connectivity index (χ0n) is 4.13. The first-order chi connectivity index (χ1) is 4.11. The van der Waals surface area contributed by atoms with Crippen LogP contribution < -0.4 is 0 Å². The monoisotopic (exact) mass is 197 g/mol. The first kappa shape index (κ1) is 6.60. The van der Waals surface area contributed by atoms with Crippen molar-refractivity contribution in [3.63, 3.8) is 0 Å². The van der Waals surface area contributed by atoms with Crippen LogP contribution in [0.4, 0.5) is 8.78 Å². The number of nitrogens with zero attached hydrogens (tertiary/aromatic N) is 3. The van der Waals surface area contributed by atoms with Crippen LogP contribution in [0.1, 0.15) is 0 Å². The van der Waals surface area contributed by atoms with Crippen LogP contribution in [-0.2, 0) is 4.96 Å². The lowest BCUT2D eigenvalue weighted by Crippen LogP contribution is -2.14. The molecule has 0 fully saturated rings. The Morgan fingerprint density at radius 2 is 2.22 bits per heavy atom. The van der Waals surface area contributed by atoms with E-state index in [4.69, 9.17) is 0 Å². The quantitative estimate of drug-likeness (QED) is 0.634. The van der Waals surface area contributed by atoms with Crippen molar-refractivity contribution in [2.45, 2.75) is 4.96 Å². The fraction of sp³-hybridized carbons (Fsp3) is 0.333. The molecule has 1 aromatic heterocycles. The summed E-state index contributed by atoms with van der Waals surface area (Å²) in [6.45, 7) is 0. The third-order valence-corrected chi connectivity index (χ3v) is 1.05. The molecule has 0 saturated heterocycles. The van der Waals surface area contributed by atoms with Gasteiger partial charge in [-0.1, -0.05) is 5.21 Å².